The number of para-hydroxylation sites is 1. The largest absolute Gasteiger partial charge is 0.309 e. The van der Waals surface area contributed by atoms with Gasteiger partial charge in [-0.2, -0.15) is 0 Å². The highest BCUT2D eigenvalue weighted by atomic mass is 15.2. The monoisotopic (exact) mass is 736 g/mol. The van der Waals surface area contributed by atoms with Crippen LogP contribution in [0.3, 0.4) is 0 Å². The molecule has 0 atom stereocenters. The average molecular weight is 737 g/mol. The van der Waals surface area contributed by atoms with Crippen LogP contribution in [-0.2, 0) is 0 Å². The standard InChI is InChI=1S/C54H32N4/c1-2-19-41(20-3-1)57-46-26-27-47-51(50(46)44-29-36-15-6-8-17-38(36)31-48(44)57)45-30-37-16-7-9-18-39(37)32-49(45)58(47)54-55-52(40-23-22-33-12-4-5-14-35(33)28-40)43-25-24-34-13-10-11-21-42(34)53(43)56-54/h1-32H. The van der Waals surface area contributed by atoms with Gasteiger partial charge in [-0.3, -0.25) is 4.57 Å². The molecule has 0 saturated heterocycles. The number of hydrogen-bond donors (Lipinski definition) is 0. The van der Waals surface area contributed by atoms with Gasteiger partial charge in [0.1, 0.15) is 0 Å². The van der Waals surface area contributed by atoms with Gasteiger partial charge in [0.15, 0.2) is 0 Å². The van der Waals surface area contributed by atoms with Gasteiger partial charge in [-0.05, 0) is 98.4 Å². The van der Waals surface area contributed by atoms with Crippen LogP contribution in [0.4, 0.5) is 0 Å². The van der Waals surface area contributed by atoms with Crippen LogP contribution in [0.2, 0.25) is 0 Å². The average Bonchev–Trinajstić information content (AvgIpc) is 3.78. The second-order valence-electron chi connectivity index (χ2n) is 15.4. The van der Waals surface area contributed by atoms with E-state index in [4.69, 9.17) is 9.97 Å². The van der Waals surface area contributed by atoms with E-state index >= 15 is 0 Å². The van der Waals surface area contributed by atoms with Crippen LogP contribution in [0.25, 0.3) is 120 Å². The molecule has 4 heteroatoms. The Kier molecular flexibility index (Phi) is 6.41. The van der Waals surface area contributed by atoms with Crippen molar-refractivity contribution in [2.24, 2.45) is 0 Å². The maximum Gasteiger partial charge on any atom is 0.235 e. The first-order chi connectivity index (χ1) is 28.7. The SMILES string of the molecule is c1ccc(-n2c3cc4ccccc4cc3c3c4c5cc6ccccc6cc5n(-c5nc(-c6ccc7ccccc7c6)c6ccc7ccccc7c6n5)c4ccc32)cc1. The first-order valence-corrected chi connectivity index (χ1v) is 19.8. The molecule has 10 aromatic carbocycles. The summed E-state index contributed by atoms with van der Waals surface area (Å²) >= 11 is 0. The van der Waals surface area contributed by atoms with Gasteiger partial charge in [-0.1, -0.05) is 133 Å². The molecule has 0 saturated carbocycles. The third-order valence-corrected chi connectivity index (χ3v) is 12.2. The number of nitrogens with zero attached hydrogens (tertiary/aromatic N) is 4. The van der Waals surface area contributed by atoms with E-state index in [2.05, 4.69) is 203 Å². The summed E-state index contributed by atoms with van der Waals surface area (Å²) in [6.45, 7) is 0. The summed E-state index contributed by atoms with van der Waals surface area (Å²) in [4.78, 5) is 11.1. The fourth-order valence-corrected chi connectivity index (χ4v) is 9.56. The van der Waals surface area contributed by atoms with Gasteiger partial charge >= 0.3 is 0 Å². The first kappa shape index (κ1) is 31.4. The van der Waals surface area contributed by atoms with E-state index in [1.807, 2.05) is 0 Å². The number of fused-ring (bicyclic) bond motifs is 13. The van der Waals surface area contributed by atoms with Gasteiger partial charge in [0.25, 0.3) is 0 Å². The molecule has 3 aromatic heterocycles. The Labute approximate surface area is 332 Å². The molecule has 0 aliphatic carbocycles. The Balaban J connectivity index is 1.22. The van der Waals surface area contributed by atoms with E-state index < -0.39 is 0 Å². The summed E-state index contributed by atoms with van der Waals surface area (Å²) in [6.07, 6.45) is 0. The van der Waals surface area contributed by atoms with Crippen molar-refractivity contribution in [2.75, 3.05) is 0 Å². The Bertz CT molecular complexity index is 3850. The van der Waals surface area contributed by atoms with Gasteiger partial charge in [-0.15, -0.1) is 0 Å². The molecule has 0 spiro atoms. The van der Waals surface area contributed by atoms with Crippen LogP contribution in [0.15, 0.2) is 194 Å². The second kappa shape index (κ2) is 11.8. The fraction of sp³-hybridized carbons (Fsp3) is 0. The number of rotatable bonds is 3. The summed E-state index contributed by atoms with van der Waals surface area (Å²) in [7, 11) is 0. The molecule has 0 N–H and O–H groups in total. The van der Waals surface area contributed by atoms with Crippen LogP contribution < -0.4 is 0 Å². The van der Waals surface area contributed by atoms with Gasteiger partial charge in [0.2, 0.25) is 5.95 Å². The maximum atomic E-state index is 5.59. The van der Waals surface area contributed by atoms with E-state index in [-0.39, 0.29) is 0 Å². The normalized spacial score (nSPS) is 12.1. The van der Waals surface area contributed by atoms with Crippen molar-refractivity contribution in [3.8, 4) is 22.9 Å². The smallest absolute Gasteiger partial charge is 0.235 e. The molecule has 0 bridgehead atoms. The molecule has 58 heavy (non-hydrogen) atoms. The summed E-state index contributed by atoms with van der Waals surface area (Å²) in [5.41, 5.74) is 8.55. The quantitative estimate of drug-likeness (QED) is 0.169. The number of benzene rings is 10. The van der Waals surface area contributed by atoms with Crippen LogP contribution in [-0.4, -0.2) is 19.1 Å². The highest BCUT2D eigenvalue weighted by Crippen LogP contribution is 2.44. The van der Waals surface area contributed by atoms with Crippen LogP contribution in [0.1, 0.15) is 0 Å². The molecule has 13 rings (SSSR count). The van der Waals surface area contributed by atoms with Gasteiger partial charge in [-0.25, -0.2) is 9.97 Å². The lowest BCUT2D eigenvalue weighted by Crippen LogP contribution is -2.04. The molecule has 0 radical (unpaired) electrons. The molecular weight excluding hydrogens is 705 g/mol. The zero-order chi connectivity index (χ0) is 37.9. The molecular formula is C54H32N4. The molecule has 0 fully saturated rings. The number of hydrogen-bond acceptors (Lipinski definition) is 2. The fourth-order valence-electron chi connectivity index (χ4n) is 9.56. The van der Waals surface area contributed by atoms with Crippen LogP contribution >= 0.6 is 0 Å². The predicted octanol–water partition coefficient (Wildman–Crippen LogP) is 14.1. The van der Waals surface area contributed by atoms with Gasteiger partial charge in [0, 0.05) is 43.6 Å². The third kappa shape index (κ3) is 4.45. The van der Waals surface area contributed by atoms with Gasteiger partial charge in [0.05, 0.1) is 33.3 Å². The predicted molar refractivity (Wildman–Crippen MR) is 244 cm³/mol. The van der Waals surface area contributed by atoms with E-state index in [0.717, 1.165) is 49.7 Å². The van der Waals surface area contributed by atoms with Crippen molar-refractivity contribution in [3.05, 3.63) is 194 Å². The minimum Gasteiger partial charge on any atom is -0.309 e. The Hall–Kier alpha value is -7.82. The molecule has 0 unspecified atom stereocenters. The summed E-state index contributed by atoms with van der Waals surface area (Å²) in [6, 6.07) is 70.3. The second-order valence-corrected chi connectivity index (χ2v) is 15.4. The van der Waals surface area contributed by atoms with Crippen molar-refractivity contribution < 1.29 is 0 Å². The lowest BCUT2D eigenvalue weighted by Gasteiger charge is -2.14. The van der Waals surface area contributed by atoms with Crippen molar-refractivity contribution in [1.29, 1.82) is 0 Å². The zero-order valence-electron chi connectivity index (χ0n) is 31.3. The summed E-state index contributed by atoms with van der Waals surface area (Å²) in [5.74, 6) is 0.652. The van der Waals surface area contributed by atoms with E-state index in [0.29, 0.717) is 5.95 Å². The molecule has 13 aromatic rings. The van der Waals surface area contributed by atoms with E-state index in [1.54, 1.807) is 0 Å². The Morgan fingerprint density at radius 3 is 1.50 bits per heavy atom. The van der Waals surface area contributed by atoms with Crippen molar-refractivity contribution in [3.63, 3.8) is 0 Å². The molecule has 0 amide bonds. The van der Waals surface area contributed by atoms with Gasteiger partial charge < -0.3 is 4.57 Å². The minimum absolute atomic E-state index is 0.652. The highest BCUT2D eigenvalue weighted by molar-refractivity contribution is 6.31. The minimum atomic E-state index is 0.652. The summed E-state index contributed by atoms with van der Waals surface area (Å²) < 4.78 is 4.74. The topological polar surface area (TPSA) is 35.6 Å². The maximum absolute atomic E-state index is 5.59. The molecule has 0 aliphatic heterocycles. The third-order valence-electron chi connectivity index (χ3n) is 12.2. The van der Waals surface area contributed by atoms with Crippen LogP contribution in [0.5, 0.6) is 0 Å². The van der Waals surface area contributed by atoms with Crippen LogP contribution in [0, 0.1) is 0 Å². The van der Waals surface area contributed by atoms with Crippen molar-refractivity contribution in [1.82, 2.24) is 19.1 Å². The van der Waals surface area contributed by atoms with E-state index in [9.17, 15) is 0 Å². The molecule has 268 valence electrons. The lowest BCUT2D eigenvalue weighted by molar-refractivity contribution is 1.02. The van der Waals surface area contributed by atoms with E-state index in [1.165, 1.54) is 64.9 Å². The summed E-state index contributed by atoms with van der Waals surface area (Å²) in [5, 5.41) is 15.3. The Morgan fingerprint density at radius 2 is 0.828 bits per heavy atom. The number of aromatic nitrogens is 4. The lowest BCUT2D eigenvalue weighted by atomic mass is 10.00. The zero-order valence-corrected chi connectivity index (χ0v) is 31.3. The highest BCUT2D eigenvalue weighted by Gasteiger charge is 2.24. The first-order valence-electron chi connectivity index (χ1n) is 19.8. The Morgan fingerprint density at radius 1 is 0.310 bits per heavy atom. The van der Waals surface area contributed by atoms with Crippen molar-refractivity contribution >= 4 is 97.6 Å². The molecule has 4 nitrogen and oxygen atoms in total. The molecule has 3 heterocycles. The van der Waals surface area contributed by atoms with Crippen molar-refractivity contribution in [2.45, 2.75) is 0 Å². The molecule has 0 aliphatic rings.